The van der Waals surface area contributed by atoms with Crippen molar-refractivity contribution in [1.29, 1.82) is 0 Å². The molecule has 1 aromatic heterocycles. The fourth-order valence-electron chi connectivity index (χ4n) is 4.13. The maximum atomic E-state index is 6.17. The molecule has 0 radical (unpaired) electrons. The van der Waals surface area contributed by atoms with Crippen molar-refractivity contribution in [1.82, 2.24) is 4.57 Å². The Labute approximate surface area is 182 Å². The lowest BCUT2D eigenvalue weighted by atomic mass is 10.1. The van der Waals surface area contributed by atoms with Crippen molar-refractivity contribution in [3.8, 4) is 5.69 Å². The number of hydrogen-bond donors (Lipinski definition) is 1. The van der Waals surface area contributed by atoms with Gasteiger partial charge in [0.25, 0.3) is 0 Å². The molecular weight excluding hydrogens is 376 g/mol. The quantitative estimate of drug-likeness (QED) is 0.320. The number of aromatic nitrogens is 1. The van der Waals surface area contributed by atoms with Crippen LogP contribution >= 0.6 is 0 Å². The van der Waals surface area contributed by atoms with Crippen molar-refractivity contribution in [2.75, 3.05) is 0 Å². The third-order valence-corrected chi connectivity index (χ3v) is 5.62. The Morgan fingerprint density at radius 2 is 1.35 bits per heavy atom. The number of rotatable bonds is 5. The van der Waals surface area contributed by atoms with Gasteiger partial charge in [-0.2, -0.15) is 0 Å². The Hall–Kier alpha value is -4.04. The predicted octanol–water partition coefficient (Wildman–Crippen LogP) is 6.88. The van der Waals surface area contributed by atoms with Crippen LogP contribution in [0.15, 0.2) is 121 Å². The Balaban J connectivity index is 1.45. The van der Waals surface area contributed by atoms with Gasteiger partial charge in [-0.15, -0.1) is 0 Å². The van der Waals surface area contributed by atoms with E-state index in [0.29, 0.717) is 0 Å². The second kappa shape index (κ2) is 8.37. The average molecular weight is 401 g/mol. The second-order valence-electron chi connectivity index (χ2n) is 7.66. The third-order valence-electron chi connectivity index (χ3n) is 5.62. The van der Waals surface area contributed by atoms with E-state index in [1.807, 2.05) is 42.5 Å². The number of fused-ring (bicyclic) bond motifs is 3. The van der Waals surface area contributed by atoms with Gasteiger partial charge >= 0.3 is 0 Å². The molecule has 2 heteroatoms. The van der Waals surface area contributed by atoms with Gasteiger partial charge in [-0.3, -0.25) is 0 Å². The van der Waals surface area contributed by atoms with Crippen LogP contribution in [0.25, 0.3) is 33.2 Å². The standard InChI is InChI=1S/C29H24N2/c30-27(23-13-2-1-3-14-23)18-7-4-11-22-12-10-15-24(21-22)31-28-19-8-5-16-25(28)26-17-6-9-20-29(26)31/h1-10,12-21H,11,30H2/b7-4-,27-18-. The number of benzene rings is 4. The molecule has 31 heavy (non-hydrogen) atoms. The lowest BCUT2D eigenvalue weighted by molar-refractivity contribution is 1.15. The summed E-state index contributed by atoms with van der Waals surface area (Å²) >= 11 is 0. The van der Waals surface area contributed by atoms with E-state index in [4.69, 9.17) is 5.73 Å². The van der Waals surface area contributed by atoms with Crippen LogP contribution in [-0.2, 0) is 6.42 Å². The molecule has 0 amide bonds. The first-order valence-electron chi connectivity index (χ1n) is 10.6. The normalized spacial score (nSPS) is 12.2. The molecule has 0 saturated heterocycles. The minimum atomic E-state index is 0.774. The molecule has 5 rings (SSSR count). The van der Waals surface area contributed by atoms with Gasteiger partial charge in [0.2, 0.25) is 0 Å². The van der Waals surface area contributed by atoms with E-state index < -0.39 is 0 Å². The predicted molar refractivity (Wildman–Crippen MR) is 132 cm³/mol. The average Bonchev–Trinajstić information content (AvgIpc) is 3.17. The minimum Gasteiger partial charge on any atom is -0.398 e. The van der Waals surface area contributed by atoms with Crippen molar-refractivity contribution < 1.29 is 0 Å². The van der Waals surface area contributed by atoms with E-state index in [2.05, 4.69) is 83.4 Å². The van der Waals surface area contributed by atoms with Gasteiger partial charge in [0, 0.05) is 22.2 Å². The molecule has 2 N–H and O–H groups in total. The first kappa shape index (κ1) is 19.0. The smallest absolute Gasteiger partial charge is 0.0541 e. The van der Waals surface area contributed by atoms with Crippen LogP contribution in [0, 0.1) is 0 Å². The van der Waals surface area contributed by atoms with Crippen LogP contribution in [0.5, 0.6) is 0 Å². The van der Waals surface area contributed by atoms with Gasteiger partial charge in [0.1, 0.15) is 0 Å². The zero-order valence-corrected chi connectivity index (χ0v) is 17.3. The van der Waals surface area contributed by atoms with Gasteiger partial charge < -0.3 is 10.3 Å². The van der Waals surface area contributed by atoms with Gasteiger partial charge in [0.15, 0.2) is 0 Å². The van der Waals surface area contributed by atoms with Crippen molar-refractivity contribution in [2.45, 2.75) is 6.42 Å². The third kappa shape index (κ3) is 3.76. The second-order valence-corrected chi connectivity index (χ2v) is 7.66. The minimum absolute atomic E-state index is 0.774. The Bertz CT molecular complexity index is 1350. The molecule has 5 aromatic rings. The van der Waals surface area contributed by atoms with Crippen LogP contribution < -0.4 is 5.73 Å². The van der Waals surface area contributed by atoms with Crippen molar-refractivity contribution in [2.24, 2.45) is 5.73 Å². The fraction of sp³-hybridized carbons (Fsp3) is 0.0345. The number of allylic oxidation sites excluding steroid dienone is 3. The highest BCUT2D eigenvalue weighted by Gasteiger charge is 2.11. The van der Waals surface area contributed by atoms with E-state index in [-0.39, 0.29) is 0 Å². The van der Waals surface area contributed by atoms with Crippen LogP contribution in [0.2, 0.25) is 0 Å². The summed E-state index contributed by atoms with van der Waals surface area (Å²) in [6.45, 7) is 0. The van der Waals surface area contributed by atoms with Crippen molar-refractivity contribution >= 4 is 27.5 Å². The molecule has 0 bridgehead atoms. The zero-order chi connectivity index (χ0) is 21.0. The lowest BCUT2D eigenvalue weighted by Gasteiger charge is -2.09. The van der Waals surface area contributed by atoms with E-state index in [1.54, 1.807) is 0 Å². The number of nitrogens with zero attached hydrogens (tertiary/aromatic N) is 1. The summed E-state index contributed by atoms with van der Waals surface area (Å²) in [6, 6.07) is 36.0. The molecule has 1 heterocycles. The molecule has 0 aliphatic carbocycles. The topological polar surface area (TPSA) is 30.9 Å². The summed E-state index contributed by atoms with van der Waals surface area (Å²) in [7, 11) is 0. The Kier molecular flexibility index (Phi) is 5.12. The maximum Gasteiger partial charge on any atom is 0.0541 e. The Morgan fingerprint density at radius 3 is 2.06 bits per heavy atom. The summed E-state index contributed by atoms with van der Waals surface area (Å²) in [5, 5.41) is 2.56. The Morgan fingerprint density at radius 1 is 0.710 bits per heavy atom. The van der Waals surface area contributed by atoms with Crippen LogP contribution in [0.1, 0.15) is 11.1 Å². The van der Waals surface area contributed by atoms with E-state index in [1.165, 1.54) is 33.1 Å². The molecular formula is C29H24N2. The largest absolute Gasteiger partial charge is 0.398 e. The first-order valence-corrected chi connectivity index (χ1v) is 10.6. The van der Waals surface area contributed by atoms with Gasteiger partial charge in [-0.1, -0.05) is 91.0 Å². The van der Waals surface area contributed by atoms with E-state index in [0.717, 1.165) is 17.7 Å². The van der Waals surface area contributed by atoms with Gasteiger partial charge in [-0.05, 0) is 47.9 Å². The SMILES string of the molecule is N/C(=C\C=C/Cc1cccc(-n2c3ccccc3c3ccccc32)c1)c1ccccc1. The molecule has 0 aliphatic heterocycles. The van der Waals surface area contributed by atoms with Crippen LogP contribution in [-0.4, -0.2) is 4.57 Å². The highest BCUT2D eigenvalue weighted by Crippen LogP contribution is 2.31. The first-order chi connectivity index (χ1) is 15.3. The monoisotopic (exact) mass is 400 g/mol. The molecule has 2 nitrogen and oxygen atoms in total. The molecule has 0 atom stereocenters. The van der Waals surface area contributed by atoms with Crippen molar-refractivity contribution in [3.05, 3.63) is 132 Å². The molecule has 0 saturated carbocycles. The van der Waals surface area contributed by atoms with Crippen molar-refractivity contribution in [3.63, 3.8) is 0 Å². The van der Waals surface area contributed by atoms with Gasteiger partial charge in [-0.25, -0.2) is 0 Å². The molecule has 0 aliphatic rings. The number of para-hydroxylation sites is 2. The highest BCUT2D eigenvalue weighted by molar-refractivity contribution is 6.09. The maximum absolute atomic E-state index is 6.17. The van der Waals surface area contributed by atoms with E-state index >= 15 is 0 Å². The molecule has 4 aromatic carbocycles. The summed E-state index contributed by atoms with van der Waals surface area (Å²) < 4.78 is 2.35. The molecule has 150 valence electrons. The summed E-state index contributed by atoms with van der Waals surface area (Å²) in [4.78, 5) is 0. The van der Waals surface area contributed by atoms with Crippen LogP contribution in [0.3, 0.4) is 0 Å². The van der Waals surface area contributed by atoms with Crippen LogP contribution in [0.4, 0.5) is 0 Å². The zero-order valence-electron chi connectivity index (χ0n) is 17.3. The fourth-order valence-corrected chi connectivity index (χ4v) is 4.13. The summed E-state index contributed by atoms with van der Waals surface area (Å²) in [6.07, 6.45) is 7.01. The molecule has 0 spiro atoms. The molecule has 0 unspecified atom stereocenters. The summed E-state index contributed by atoms with van der Waals surface area (Å²) in [5.74, 6) is 0. The van der Waals surface area contributed by atoms with E-state index in [9.17, 15) is 0 Å². The number of nitrogens with two attached hydrogens (primary N) is 1. The van der Waals surface area contributed by atoms with Gasteiger partial charge in [0.05, 0.1) is 11.0 Å². The summed E-state index contributed by atoms with van der Waals surface area (Å²) in [5.41, 5.74) is 12.9. The number of hydrogen-bond acceptors (Lipinski definition) is 1. The lowest BCUT2D eigenvalue weighted by Crippen LogP contribution is -1.95. The highest BCUT2D eigenvalue weighted by atomic mass is 15.0. The molecule has 0 fully saturated rings.